The minimum absolute atomic E-state index is 0. The first-order valence-electron chi connectivity index (χ1n) is 7.10. The molecule has 122 valence electrons. The van der Waals surface area contributed by atoms with Crippen LogP contribution in [0.25, 0.3) is 11.0 Å². The number of nitrogens with zero attached hydrogens (tertiary/aromatic N) is 2. The van der Waals surface area contributed by atoms with Crippen molar-refractivity contribution in [3.05, 3.63) is 24.5 Å². The molecule has 1 heterocycles. The number of carbonyl (C=O) groups excluding carboxylic acids is 1. The van der Waals surface area contributed by atoms with Crippen molar-refractivity contribution >= 4 is 47.4 Å². The lowest BCUT2D eigenvalue weighted by molar-refractivity contribution is -0.117. The second kappa shape index (κ2) is 7.81. The van der Waals surface area contributed by atoms with Gasteiger partial charge < -0.3 is 15.6 Å². The number of imidazole rings is 1. The van der Waals surface area contributed by atoms with E-state index in [4.69, 9.17) is 5.73 Å². The Morgan fingerprint density at radius 2 is 2.18 bits per heavy atom. The first-order chi connectivity index (χ1) is 9.63. The monoisotopic (exact) mass is 344 g/mol. The largest absolute Gasteiger partial charge is 0.334 e. The molecule has 1 aliphatic rings. The molecule has 0 saturated heterocycles. The highest BCUT2D eigenvalue weighted by Crippen LogP contribution is 2.27. The summed E-state index contributed by atoms with van der Waals surface area (Å²) in [5.74, 6) is 0.371. The van der Waals surface area contributed by atoms with Gasteiger partial charge in [-0.2, -0.15) is 0 Å². The molecule has 0 radical (unpaired) electrons. The van der Waals surface area contributed by atoms with Gasteiger partial charge in [-0.3, -0.25) is 4.79 Å². The lowest BCUT2D eigenvalue weighted by atomic mass is 10.00. The molecule has 0 aliphatic heterocycles. The molecular weight excluding hydrogens is 323 g/mol. The van der Waals surface area contributed by atoms with E-state index >= 15 is 0 Å². The first kappa shape index (κ1) is 18.7. The fourth-order valence-electron chi connectivity index (χ4n) is 2.98. The van der Waals surface area contributed by atoms with Gasteiger partial charge in [0.1, 0.15) is 0 Å². The van der Waals surface area contributed by atoms with Crippen molar-refractivity contribution in [2.24, 2.45) is 18.7 Å². The fourth-order valence-corrected chi connectivity index (χ4v) is 2.98. The third kappa shape index (κ3) is 3.91. The number of nitrogens with two attached hydrogens (primary N) is 1. The number of aromatic nitrogens is 2. The number of rotatable bonds is 3. The van der Waals surface area contributed by atoms with Crippen molar-refractivity contribution in [1.29, 1.82) is 0 Å². The predicted molar refractivity (Wildman–Crippen MR) is 93.8 cm³/mol. The SMILES string of the molecule is Cl.Cl.Cn1cnc2cc(NC(=O)C[C@@H]3CCC[C@H]3N)ccc21. The molecule has 1 aromatic heterocycles. The standard InChI is InChI=1S/C15H20N4O.2ClH/c1-19-9-17-13-8-11(5-6-14(13)19)18-15(20)7-10-3-2-4-12(10)16;;/h5-6,8-10,12H,2-4,7,16H2,1H3,(H,18,20);2*1H/t10-,12+;;/m0../s1. The van der Waals surface area contributed by atoms with Crippen molar-refractivity contribution in [3.63, 3.8) is 0 Å². The van der Waals surface area contributed by atoms with Crippen LogP contribution in [0.5, 0.6) is 0 Å². The summed E-state index contributed by atoms with van der Waals surface area (Å²) in [5.41, 5.74) is 8.75. The Balaban J connectivity index is 0.00000121. The summed E-state index contributed by atoms with van der Waals surface area (Å²) in [5, 5.41) is 2.95. The van der Waals surface area contributed by atoms with Crippen LogP contribution in [0.1, 0.15) is 25.7 Å². The molecule has 1 fully saturated rings. The quantitative estimate of drug-likeness (QED) is 0.898. The molecule has 1 saturated carbocycles. The van der Waals surface area contributed by atoms with Crippen LogP contribution in [0, 0.1) is 5.92 Å². The Kier molecular flexibility index (Phi) is 6.66. The molecule has 1 amide bonds. The number of benzene rings is 1. The molecular formula is C15H22Cl2N4O. The number of aryl methyl sites for hydroxylation is 1. The summed E-state index contributed by atoms with van der Waals surface area (Å²) in [7, 11) is 1.95. The number of halogens is 2. The minimum atomic E-state index is 0. The fraction of sp³-hybridized carbons (Fsp3) is 0.467. The Labute approximate surface area is 142 Å². The zero-order valence-electron chi connectivity index (χ0n) is 12.5. The van der Waals surface area contributed by atoms with Crippen molar-refractivity contribution in [2.75, 3.05) is 5.32 Å². The van der Waals surface area contributed by atoms with Gasteiger partial charge in [0.2, 0.25) is 5.91 Å². The summed E-state index contributed by atoms with van der Waals surface area (Å²) < 4.78 is 1.96. The third-order valence-electron chi connectivity index (χ3n) is 4.17. The van der Waals surface area contributed by atoms with Crippen LogP contribution in [0.15, 0.2) is 24.5 Å². The van der Waals surface area contributed by atoms with E-state index < -0.39 is 0 Å². The van der Waals surface area contributed by atoms with Gasteiger partial charge in [0.05, 0.1) is 17.4 Å². The Morgan fingerprint density at radius 3 is 2.86 bits per heavy atom. The molecule has 2 atom stereocenters. The average Bonchev–Trinajstić information content (AvgIpc) is 2.97. The van der Waals surface area contributed by atoms with Crippen molar-refractivity contribution < 1.29 is 4.79 Å². The summed E-state index contributed by atoms with van der Waals surface area (Å²) in [6.45, 7) is 0. The van der Waals surface area contributed by atoms with Crippen LogP contribution >= 0.6 is 24.8 Å². The van der Waals surface area contributed by atoms with Gasteiger partial charge in [-0.05, 0) is 37.0 Å². The number of fused-ring (bicyclic) bond motifs is 1. The molecule has 2 aromatic rings. The molecule has 0 spiro atoms. The molecule has 3 N–H and O–H groups in total. The summed E-state index contributed by atoms with van der Waals surface area (Å²) >= 11 is 0. The van der Waals surface area contributed by atoms with Crippen LogP contribution in [-0.2, 0) is 11.8 Å². The summed E-state index contributed by atoms with van der Waals surface area (Å²) in [4.78, 5) is 16.4. The van der Waals surface area contributed by atoms with E-state index in [-0.39, 0.29) is 36.8 Å². The molecule has 1 aliphatic carbocycles. The average molecular weight is 345 g/mol. The van der Waals surface area contributed by atoms with Crippen LogP contribution < -0.4 is 11.1 Å². The minimum Gasteiger partial charge on any atom is -0.334 e. The highest BCUT2D eigenvalue weighted by atomic mass is 35.5. The lowest BCUT2D eigenvalue weighted by Gasteiger charge is -2.14. The summed E-state index contributed by atoms with van der Waals surface area (Å²) in [6, 6.07) is 5.97. The first-order valence-corrected chi connectivity index (χ1v) is 7.10. The maximum atomic E-state index is 12.1. The lowest BCUT2D eigenvalue weighted by Crippen LogP contribution is -2.28. The molecule has 0 unspecified atom stereocenters. The van der Waals surface area contributed by atoms with Gasteiger partial charge >= 0.3 is 0 Å². The van der Waals surface area contributed by atoms with E-state index in [2.05, 4.69) is 10.3 Å². The van der Waals surface area contributed by atoms with Gasteiger partial charge in [-0.25, -0.2) is 4.98 Å². The van der Waals surface area contributed by atoms with Gasteiger partial charge in [0, 0.05) is 25.2 Å². The van der Waals surface area contributed by atoms with Gasteiger partial charge in [0.15, 0.2) is 0 Å². The zero-order chi connectivity index (χ0) is 14.1. The Hall–Kier alpha value is -1.30. The topological polar surface area (TPSA) is 72.9 Å². The second-order valence-corrected chi connectivity index (χ2v) is 5.67. The number of hydrogen-bond donors (Lipinski definition) is 2. The molecule has 3 rings (SSSR count). The molecule has 5 nitrogen and oxygen atoms in total. The van der Waals surface area contributed by atoms with Crippen molar-refractivity contribution in [1.82, 2.24) is 9.55 Å². The van der Waals surface area contributed by atoms with E-state index in [1.54, 1.807) is 6.33 Å². The van der Waals surface area contributed by atoms with E-state index in [0.29, 0.717) is 12.3 Å². The van der Waals surface area contributed by atoms with Crippen molar-refractivity contribution in [3.8, 4) is 0 Å². The van der Waals surface area contributed by atoms with Crippen molar-refractivity contribution in [2.45, 2.75) is 31.7 Å². The Bertz CT molecular complexity index is 644. The number of hydrogen-bond acceptors (Lipinski definition) is 3. The smallest absolute Gasteiger partial charge is 0.224 e. The van der Waals surface area contributed by atoms with E-state index in [1.165, 1.54) is 0 Å². The van der Waals surface area contributed by atoms with Gasteiger partial charge in [0.25, 0.3) is 0 Å². The van der Waals surface area contributed by atoms with E-state index in [0.717, 1.165) is 36.0 Å². The number of carbonyl (C=O) groups is 1. The Morgan fingerprint density at radius 1 is 1.41 bits per heavy atom. The van der Waals surface area contributed by atoms with Gasteiger partial charge in [-0.15, -0.1) is 24.8 Å². The number of nitrogens with one attached hydrogen (secondary N) is 1. The molecule has 1 aromatic carbocycles. The highest BCUT2D eigenvalue weighted by Gasteiger charge is 2.26. The second-order valence-electron chi connectivity index (χ2n) is 5.67. The van der Waals surface area contributed by atoms with E-state index in [1.807, 2.05) is 29.8 Å². The predicted octanol–water partition coefficient (Wildman–Crippen LogP) is 2.87. The zero-order valence-corrected chi connectivity index (χ0v) is 14.1. The number of amides is 1. The highest BCUT2D eigenvalue weighted by molar-refractivity contribution is 5.93. The maximum absolute atomic E-state index is 12.1. The van der Waals surface area contributed by atoms with Crippen LogP contribution in [0.4, 0.5) is 5.69 Å². The summed E-state index contributed by atoms with van der Waals surface area (Å²) in [6.07, 6.45) is 5.53. The van der Waals surface area contributed by atoms with E-state index in [9.17, 15) is 4.79 Å². The third-order valence-corrected chi connectivity index (χ3v) is 4.17. The normalized spacial score (nSPS) is 20.3. The maximum Gasteiger partial charge on any atom is 0.224 e. The van der Waals surface area contributed by atoms with Crippen LogP contribution in [-0.4, -0.2) is 21.5 Å². The van der Waals surface area contributed by atoms with Gasteiger partial charge in [-0.1, -0.05) is 6.42 Å². The van der Waals surface area contributed by atoms with Crippen LogP contribution in [0.2, 0.25) is 0 Å². The molecule has 22 heavy (non-hydrogen) atoms. The molecule has 7 heteroatoms. The number of anilines is 1. The van der Waals surface area contributed by atoms with Crippen LogP contribution in [0.3, 0.4) is 0 Å². The molecule has 0 bridgehead atoms.